The van der Waals surface area contributed by atoms with Gasteiger partial charge in [-0.1, -0.05) is 96.1 Å². The molecule has 8 rings (SSSR count). The molecular weight excluding hydrogens is 915 g/mol. The molecule has 6 aromatic carbocycles. The van der Waals surface area contributed by atoms with Gasteiger partial charge in [-0.25, -0.2) is 8.78 Å². The minimum absolute atomic E-state index is 0.0167. The van der Waals surface area contributed by atoms with E-state index >= 15 is 0 Å². The van der Waals surface area contributed by atoms with E-state index in [1.165, 1.54) is 24.3 Å². The molecule has 72 heavy (non-hydrogen) atoms. The van der Waals surface area contributed by atoms with Crippen LogP contribution in [0, 0.1) is 25.5 Å². The Bertz CT molecular complexity index is 2820. The fourth-order valence-corrected chi connectivity index (χ4v) is 8.73. The van der Waals surface area contributed by atoms with Crippen molar-refractivity contribution in [3.63, 3.8) is 0 Å². The zero-order valence-electron chi connectivity index (χ0n) is 40.3. The van der Waals surface area contributed by atoms with Crippen molar-refractivity contribution in [1.29, 1.82) is 0 Å². The maximum Gasteiger partial charge on any atom is 0.252 e. The second-order valence-electron chi connectivity index (χ2n) is 18.3. The third kappa shape index (κ3) is 12.9. The van der Waals surface area contributed by atoms with Crippen LogP contribution in [0.4, 0.5) is 8.78 Å². The van der Waals surface area contributed by atoms with Crippen molar-refractivity contribution in [2.45, 2.75) is 78.8 Å². The lowest BCUT2D eigenvalue weighted by Crippen LogP contribution is -2.30. The Morgan fingerprint density at radius 2 is 0.722 bits per heavy atom. The second kappa shape index (κ2) is 23.1. The van der Waals surface area contributed by atoms with Crippen molar-refractivity contribution in [3.8, 4) is 0 Å². The van der Waals surface area contributed by atoms with E-state index in [9.17, 15) is 37.5 Å². The number of halogens is 2. The van der Waals surface area contributed by atoms with Gasteiger partial charge in [0.05, 0.1) is 22.3 Å². The zero-order valence-corrected chi connectivity index (χ0v) is 40.3. The number of benzene rings is 6. The average molecular weight is 971 g/mol. The number of hydrogen-bond acceptors (Lipinski definition) is 6. The first-order valence-corrected chi connectivity index (χ1v) is 24.0. The van der Waals surface area contributed by atoms with Gasteiger partial charge in [-0.05, 0) is 120 Å². The Kier molecular flexibility index (Phi) is 16.1. The average Bonchev–Trinajstić information content (AvgIpc) is 4.01. The van der Waals surface area contributed by atoms with E-state index in [1.807, 2.05) is 62.4 Å². The monoisotopic (exact) mass is 970 g/mol. The fourth-order valence-electron chi connectivity index (χ4n) is 8.73. The van der Waals surface area contributed by atoms with Gasteiger partial charge in [-0.3, -0.25) is 28.8 Å². The van der Waals surface area contributed by atoms with Gasteiger partial charge in [0, 0.05) is 65.2 Å². The molecule has 0 atom stereocenters. The number of hydrogen-bond donors (Lipinski definition) is 4. The summed E-state index contributed by atoms with van der Waals surface area (Å²) in [5.41, 5.74) is 9.38. The number of rotatable bonds is 18. The fraction of sp³-hybridized carbons (Fsp3) is 0.241. The lowest BCUT2D eigenvalue weighted by atomic mass is 9.98. The molecule has 2 heterocycles. The van der Waals surface area contributed by atoms with Crippen LogP contribution in [0.15, 0.2) is 133 Å². The molecule has 368 valence electrons. The van der Waals surface area contributed by atoms with Gasteiger partial charge in [0.25, 0.3) is 23.6 Å². The minimum Gasteiger partial charge on any atom is -0.352 e. The van der Waals surface area contributed by atoms with E-state index in [1.54, 1.807) is 70.5 Å². The molecule has 4 N–H and O–H groups in total. The van der Waals surface area contributed by atoms with Crippen LogP contribution in [0.2, 0.25) is 0 Å². The third-order valence-electron chi connectivity index (χ3n) is 12.9. The van der Waals surface area contributed by atoms with Crippen LogP contribution in [0.25, 0.3) is 0 Å². The molecular formula is C58H56F2N6O6. The largest absolute Gasteiger partial charge is 0.352 e. The van der Waals surface area contributed by atoms with Crippen LogP contribution in [-0.2, 0) is 61.7 Å². The highest BCUT2D eigenvalue weighted by atomic mass is 19.1. The molecule has 14 heteroatoms. The number of amides is 6. The second-order valence-corrected chi connectivity index (χ2v) is 18.3. The molecule has 6 aromatic rings. The normalized spacial score (nSPS) is 12.6. The molecule has 0 aromatic heterocycles. The van der Waals surface area contributed by atoms with Gasteiger partial charge < -0.3 is 31.1 Å². The van der Waals surface area contributed by atoms with Crippen LogP contribution < -0.4 is 21.3 Å². The highest BCUT2D eigenvalue weighted by molar-refractivity contribution is 6.08. The highest BCUT2D eigenvalue weighted by Crippen LogP contribution is 2.29. The summed E-state index contributed by atoms with van der Waals surface area (Å²) < 4.78 is 26.9. The van der Waals surface area contributed by atoms with E-state index in [2.05, 4.69) is 21.3 Å². The molecule has 0 radical (unpaired) electrons. The van der Waals surface area contributed by atoms with E-state index in [-0.39, 0.29) is 111 Å². The maximum absolute atomic E-state index is 13.7. The highest BCUT2D eigenvalue weighted by Gasteiger charge is 2.30. The number of nitrogens with zero attached hydrogens (tertiary/aromatic N) is 2. The summed E-state index contributed by atoms with van der Waals surface area (Å²) in [6.45, 7) is 5.90. The molecule has 0 saturated heterocycles. The summed E-state index contributed by atoms with van der Waals surface area (Å²) in [4.78, 5) is 85.1. The van der Waals surface area contributed by atoms with Gasteiger partial charge in [-0.15, -0.1) is 0 Å². The summed E-state index contributed by atoms with van der Waals surface area (Å²) in [6.07, 6.45) is 4.26. The molecule has 0 bridgehead atoms. The van der Waals surface area contributed by atoms with Crippen LogP contribution in [0.3, 0.4) is 0 Å². The molecule has 6 amide bonds. The van der Waals surface area contributed by atoms with E-state index < -0.39 is 23.6 Å². The summed E-state index contributed by atoms with van der Waals surface area (Å²) in [6, 6.07) is 34.3. The third-order valence-corrected chi connectivity index (χ3v) is 12.9. The first kappa shape index (κ1) is 50.1. The van der Waals surface area contributed by atoms with Crippen molar-refractivity contribution in [1.82, 2.24) is 31.1 Å². The summed E-state index contributed by atoms with van der Waals surface area (Å²) in [5, 5.41) is 11.7. The van der Waals surface area contributed by atoms with Crippen LogP contribution in [0.1, 0.15) is 110 Å². The molecule has 0 saturated carbocycles. The Balaban J connectivity index is 0.883. The molecule has 0 spiro atoms. The van der Waals surface area contributed by atoms with E-state index in [4.69, 9.17) is 0 Å². The van der Waals surface area contributed by atoms with Gasteiger partial charge in [0.2, 0.25) is 11.8 Å². The van der Waals surface area contributed by atoms with Crippen LogP contribution in [0.5, 0.6) is 0 Å². The van der Waals surface area contributed by atoms with Crippen molar-refractivity contribution in [2.75, 3.05) is 13.1 Å². The van der Waals surface area contributed by atoms with Crippen molar-refractivity contribution >= 4 is 35.4 Å². The van der Waals surface area contributed by atoms with Crippen LogP contribution >= 0.6 is 0 Å². The van der Waals surface area contributed by atoms with Crippen LogP contribution in [-0.4, -0.2) is 58.3 Å². The van der Waals surface area contributed by atoms with Gasteiger partial charge in [-0.2, -0.15) is 0 Å². The zero-order chi connectivity index (χ0) is 50.7. The van der Waals surface area contributed by atoms with Crippen molar-refractivity contribution in [3.05, 3.63) is 223 Å². The molecule has 12 nitrogen and oxygen atoms in total. The number of carbonyl (C=O) groups excluding carboxylic acids is 6. The summed E-state index contributed by atoms with van der Waals surface area (Å²) in [7, 11) is 0. The molecule has 0 fully saturated rings. The first-order chi connectivity index (χ1) is 34.8. The van der Waals surface area contributed by atoms with E-state index in [0.29, 0.717) is 12.8 Å². The number of aryl methyl sites for hydroxylation is 2. The topological polar surface area (TPSA) is 157 Å². The lowest BCUT2D eigenvalue weighted by molar-refractivity contribution is -0.131. The molecule has 0 unspecified atom stereocenters. The minimum atomic E-state index is -0.445. The summed E-state index contributed by atoms with van der Waals surface area (Å²) >= 11 is 0. The SMILES string of the molecule is Cc1ccc(CNC(=O)c2cc3c(cc2C(=O)NCCc2ccc(F)cc2)CN(C(=O)C/C=C/CC(=O)N2Cc4cc(C(=O)NCCc5ccc(F)cc5)c(C(=O)NCc5ccc(C)cc5)cc4C2)C3)cc1. The number of nitrogens with one attached hydrogen (secondary N) is 4. The van der Waals surface area contributed by atoms with Crippen molar-refractivity contribution < 1.29 is 37.5 Å². The molecule has 2 aliphatic rings. The quantitative estimate of drug-likeness (QED) is 0.0638. The predicted octanol–water partition coefficient (Wildman–Crippen LogP) is 8.11. The number of fused-ring (bicyclic) bond motifs is 2. The number of carbonyl (C=O) groups is 6. The van der Waals surface area contributed by atoms with Crippen molar-refractivity contribution in [2.24, 2.45) is 0 Å². The Labute approximate surface area is 417 Å². The van der Waals surface area contributed by atoms with Gasteiger partial charge in [0.1, 0.15) is 11.6 Å². The Morgan fingerprint density at radius 3 is 1.04 bits per heavy atom. The standard InChI is InChI=1S/C58H56F2N6O6/c1-37-7-11-41(12-8-37)31-63-57(71)51-29-45-35-65(33-43(45)27-49(51)55(69)61-25-23-39-15-19-47(59)20-16-39)53(67)5-3-4-6-54(68)66-34-44-28-50(56(70)62-26-24-40-17-21-48(60)22-18-40)52(30-46(44)36-66)58(72)64-32-42-13-9-38(2)10-14-42/h3-4,7-22,27-30H,5-6,23-26,31-36H2,1-2H3,(H,61,69)(H,62,70)(H,63,71)(H,64,72)/b4-3+. The predicted molar refractivity (Wildman–Crippen MR) is 269 cm³/mol. The van der Waals surface area contributed by atoms with Gasteiger partial charge in [0.15, 0.2) is 0 Å². The first-order valence-electron chi connectivity index (χ1n) is 24.0. The Hall–Kier alpha value is -8.26. The maximum atomic E-state index is 13.7. The summed E-state index contributed by atoms with van der Waals surface area (Å²) in [5.74, 6) is -2.84. The molecule has 0 aliphatic carbocycles. The van der Waals surface area contributed by atoms with Gasteiger partial charge >= 0.3 is 0 Å². The molecule has 2 aliphatic heterocycles. The lowest BCUT2D eigenvalue weighted by Gasteiger charge is -2.15. The van der Waals surface area contributed by atoms with E-state index in [0.717, 1.165) is 55.6 Å². The smallest absolute Gasteiger partial charge is 0.252 e. The Morgan fingerprint density at radius 1 is 0.431 bits per heavy atom.